The van der Waals surface area contributed by atoms with Gasteiger partial charge in [0.2, 0.25) is 10.7 Å². The number of Topliss-reactive ketones (excluding diaryl/α,β-unsaturated/α-hetero) is 1. The first kappa shape index (κ1) is 9.71. The van der Waals surface area contributed by atoms with Gasteiger partial charge in [-0.05, 0) is 0 Å². The molecule has 46 valence electrons. The van der Waals surface area contributed by atoms with E-state index >= 15 is 0 Å². The number of hydrogen-bond acceptors (Lipinski definition) is 2. The Balaban J connectivity index is 0.000000640. The first-order chi connectivity index (χ1) is 3.72. The first-order valence-corrected chi connectivity index (χ1v) is 2.40. The Hall–Kier alpha value is 0.706. The average Bonchev–Trinajstić information content (AvgIpc) is 1.61. The van der Waals surface area contributed by atoms with Crippen LogP contribution in [0.25, 0.3) is 0 Å². The fraction of sp³-hybridized carbons (Fsp3) is 0.750. The van der Waals surface area contributed by atoms with Gasteiger partial charge in [-0.1, -0.05) is 0 Å². The number of carbonyl (C=O) groups excluding carboxylic acids is 1. The molecular formula is C4H7KNO3+. The minimum absolute atomic E-state index is 0. The van der Waals surface area contributed by atoms with E-state index < -0.39 is 6.04 Å². The van der Waals surface area contributed by atoms with Crippen LogP contribution in [0.15, 0.2) is 0 Å². The van der Waals surface area contributed by atoms with Gasteiger partial charge in [0.25, 0.3) is 0 Å². The molecule has 0 aromatic heterocycles. The molecule has 5 heteroatoms. The Bertz CT molecular complexity index is 139. The summed E-state index contributed by atoms with van der Waals surface area (Å²) in [5.41, 5.74) is 0. The summed E-state index contributed by atoms with van der Waals surface area (Å²) in [6.07, 6.45) is 0.933. The van der Waals surface area contributed by atoms with Gasteiger partial charge in [-0.3, -0.25) is 4.79 Å². The van der Waals surface area contributed by atoms with Crippen molar-refractivity contribution < 1.29 is 14.9 Å². The molecule has 0 radical (unpaired) electrons. The Kier molecular flexibility index (Phi) is 4.07. The van der Waals surface area contributed by atoms with Crippen molar-refractivity contribution >= 4 is 57.2 Å². The molecule has 1 saturated carbocycles. The second kappa shape index (κ2) is 3.77. The quantitative estimate of drug-likeness (QED) is 0.401. The molecule has 1 aliphatic carbocycles. The molecule has 0 aromatic carbocycles. The average molecular weight is 156 g/mol. The molecule has 1 aliphatic rings. The van der Waals surface area contributed by atoms with Crippen LogP contribution in [0, 0.1) is 4.91 Å². The van der Waals surface area contributed by atoms with Gasteiger partial charge in [-0.2, -0.15) is 0 Å². The fourth-order valence-corrected chi connectivity index (χ4v) is 0.625. The van der Waals surface area contributed by atoms with Crippen molar-refractivity contribution in [3.8, 4) is 0 Å². The van der Waals surface area contributed by atoms with Crippen molar-refractivity contribution in [3.63, 3.8) is 0 Å². The number of rotatable bonds is 1. The van der Waals surface area contributed by atoms with E-state index in [9.17, 15) is 9.70 Å². The van der Waals surface area contributed by atoms with E-state index in [4.69, 9.17) is 5.21 Å². The molecule has 9 heavy (non-hydrogen) atoms. The normalized spacial score (nSPS) is 24.0. The maximum absolute atomic E-state index is 10.3. The van der Waals surface area contributed by atoms with E-state index in [-0.39, 0.29) is 62.1 Å². The fourth-order valence-electron chi connectivity index (χ4n) is 0.625. The molecule has 0 aromatic rings. The molecule has 1 fully saturated rings. The molecule has 0 saturated heterocycles. The number of ketones is 1. The van der Waals surface area contributed by atoms with Gasteiger partial charge >= 0.3 is 57.4 Å². The predicted octanol–water partition coefficient (Wildman–Crippen LogP) is -0.763. The zero-order valence-electron chi connectivity index (χ0n) is 4.20. The van der Waals surface area contributed by atoms with Crippen molar-refractivity contribution in [2.24, 2.45) is 0 Å². The second-order valence-corrected chi connectivity index (χ2v) is 1.82. The van der Waals surface area contributed by atoms with Crippen molar-refractivity contribution in [3.05, 3.63) is 4.91 Å². The van der Waals surface area contributed by atoms with Crippen LogP contribution < -0.4 is 0 Å². The summed E-state index contributed by atoms with van der Waals surface area (Å²) >= 11 is 0. The van der Waals surface area contributed by atoms with E-state index in [0.29, 0.717) is 12.8 Å². The predicted molar refractivity (Wildman–Crippen MR) is 30.6 cm³/mol. The van der Waals surface area contributed by atoms with Gasteiger partial charge in [0, 0.05) is 12.8 Å². The Labute approximate surface area is 94.6 Å². The number of hydrogen-bond donors (Lipinski definition) is 1. The zero-order valence-corrected chi connectivity index (χ0v) is 4.20. The Morgan fingerprint density at radius 3 is 2.22 bits per heavy atom. The van der Waals surface area contributed by atoms with Gasteiger partial charge < -0.3 is 0 Å². The topological polar surface area (TPSA) is 57.4 Å². The summed E-state index contributed by atoms with van der Waals surface area (Å²) in [5.74, 6) is -0.164. The van der Waals surface area contributed by atoms with Gasteiger partial charge in [0.15, 0.2) is 0 Å². The van der Waals surface area contributed by atoms with Crippen LogP contribution in [0.1, 0.15) is 12.8 Å². The third-order valence-electron chi connectivity index (χ3n) is 1.30. The van der Waals surface area contributed by atoms with Gasteiger partial charge in [0.05, 0.1) is 4.91 Å². The molecule has 4 nitrogen and oxygen atoms in total. The summed E-state index contributed by atoms with van der Waals surface area (Å²) in [4.78, 5) is 19.9. The summed E-state index contributed by atoms with van der Waals surface area (Å²) in [6.45, 7) is 0. The van der Waals surface area contributed by atoms with Crippen molar-refractivity contribution in [2.45, 2.75) is 18.9 Å². The van der Waals surface area contributed by atoms with E-state index in [2.05, 4.69) is 0 Å². The molecule has 0 amide bonds. The van der Waals surface area contributed by atoms with E-state index in [0.717, 1.165) is 0 Å². The molecule has 1 atom stereocenters. The molecule has 1 N–H and O–H groups in total. The monoisotopic (exact) mass is 156 g/mol. The van der Waals surface area contributed by atoms with Crippen LogP contribution in [0.4, 0.5) is 0 Å². The van der Waals surface area contributed by atoms with E-state index in [1.807, 2.05) is 0 Å². The SMILES string of the molecule is O=C1CCC1[N+](=O)O.[KH]. The van der Waals surface area contributed by atoms with Crippen molar-refractivity contribution in [1.29, 1.82) is 0 Å². The first-order valence-electron chi connectivity index (χ1n) is 2.40. The molecule has 0 aliphatic heterocycles. The minimum atomic E-state index is -0.755. The standard InChI is InChI=1S/C4H6NO3.K.H/c6-4-2-1-3(4)5(7)8;;/h3H,1-2H2,(H,7,8);;/q+1;;. The van der Waals surface area contributed by atoms with Gasteiger partial charge in [-0.25, -0.2) is 5.21 Å². The zero-order chi connectivity index (χ0) is 6.15. The summed E-state index contributed by atoms with van der Waals surface area (Å²) < 4.78 is 0. The van der Waals surface area contributed by atoms with Crippen LogP contribution in [0.3, 0.4) is 0 Å². The third-order valence-corrected chi connectivity index (χ3v) is 1.30. The van der Waals surface area contributed by atoms with Gasteiger partial charge in [-0.15, -0.1) is 0 Å². The third kappa shape index (κ3) is 2.08. The van der Waals surface area contributed by atoms with Crippen LogP contribution >= 0.6 is 0 Å². The summed E-state index contributed by atoms with van der Waals surface area (Å²) in [5, 5.41) is 8.10. The Morgan fingerprint density at radius 1 is 1.67 bits per heavy atom. The number of carbonyl (C=O) groups is 1. The van der Waals surface area contributed by atoms with Gasteiger partial charge in [0.1, 0.15) is 0 Å². The molecule has 0 heterocycles. The molecule has 1 rings (SSSR count). The second-order valence-electron chi connectivity index (χ2n) is 1.82. The Morgan fingerprint density at radius 2 is 2.22 bits per heavy atom. The van der Waals surface area contributed by atoms with E-state index in [1.165, 1.54) is 0 Å². The summed E-state index contributed by atoms with van der Waals surface area (Å²) in [7, 11) is 0. The number of nitrogens with zero attached hydrogens (tertiary/aromatic N) is 1. The van der Waals surface area contributed by atoms with Crippen molar-refractivity contribution in [2.75, 3.05) is 0 Å². The molecular weight excluding hydrogens is 149 g/mol. The van der Waals surface area contributed by atoms with Crippen LogP contribution in [0.2, 0.25) is 0 Å². The van der Waals surface area contributed by atoms with Crippen LogP contribution in [0.5, 0.6) is 0 Å². The van der Waals surface area contributed by atoms with Crippen molar-refractivity contribution in [1.82, 2.24) is 0 Å². The molecule has 1 unspecified atom stereocenters. The molecule has 0 bridgehead atoms. The van der Waals surface area contributed by atoms with Crippen LogP contribution in [-0.2, 0) is 4.79 Å². The van der Waals surface area contributed by atoms with Crippen LogP contribution in [-0.4, -0.2) is 73.3 Å². The molecule has 0 spiro atoms. The summed E-state index contributed by atoms with van der Waals surface area (Å²) in [6, 6.07) is -0.755. The van der Waals surface area contributed by atoms with E-state index in [1.54, 1.807) is 0 Å². The maximum atomic E-state index is 10.3.